The fraction of sp³-hybridized carbons (Fsp3) is 0.0833. The Morgan fingerprint density at radius 2 is 1.32 bits per heavy atom. The van der Waals surface area contributed by atoms with Crippen LogP contribution in [0.25, 0.3) is 12.2 Å². The lowest BCUT2D eigenvalue weighted by Gasteiger charge is -2.13. The summed E-state index contributed by atoms with van der Waals surface area (Å²) < 4.78 is 10.6. The Morgan fingerprint density at radius 3 is 1.90 bits per heavy atom. The molecule has 0 saturated carbocycles. The highest BCUT2D eigenvalue weighted by atomic mass is 32.2. The normalized spacial score (nSPS) is 15.4. The molecule has 0 aliphatic carbocycles. The van der Waals surface area contributed by atoms with Crippen LogP contribution in [0.2, 0.25) is 0 Å². The van der Waals surface area contributed by atoms with E-state index in [4.69, 9.17) is 9.47 Å². The van der Waals surface area contributed by atoms with Gasteiger partial charge in [-0.3, -0.25) is 4.79 Å². The Hall–Kier alpha value is -3.00. The van der Waals surface area contributed by atoms with Gasteiger partial charge in [-0.25, -0.2) is 4.79 Å². The third-order valence-electron chi connectivity index (χ3n) is 4.32. The summed E-state index contributed by atoms with van der Waals surface area (Å²) in [7, 11) is 0. The van der Waals surface area contributed by atoms with E-state index in [0.29, 0.717) is 10.2 Å². The number of aliphatic hydroxyl groups excluding tert-OH is 1. The minimum atomic E-state index is -1.63. The zero-order chi connectivity index (χ0) is 21.6. The maximum absolute atomic E-state index is 12.3. The van der Waals surface area contributed by atoms with Gasteiger partial charge in [0.25, 0.3) is 0 Å². The first-order valence-corrected chi connectivity index (χ1v) is 11.1. The molecule has 156 valence electrons. The summed E-state index contributed by atoms with van der Waals surface area (Å²) in [5.41, 5.74) is 2.02. The molecule has 1 unspecified atom stereocenters. The molecule has 2 aliphatic rings. The molecule has 0 amide bonds. The van der Waals surface area contributed by atoms with Crippen molar-refractivity contribution in [3.8, 4) is 0 Å². The Labute approximate surface area is 188 Å². The first-order chi connectivity index (χ1) is 15.1. The number of thioether (sulfide) groups is 2. The summed E-state index contributed by atoms with van der Waals surface area (Å²) in [5.74, 6) is -1.63. The number of aliphatic hydroxyl groups is 1. The van der Waals surface area contributed by atoms with Crippen LogP contribution < -0.4 is 0 Å². The van der Waals surface area contributed by atoms with Crippen LogP contribution in [0.4, 0.5) is 0 Å². The molecule has 31 heavy (non-hydrogen) atoms. The number of esters is 2. The molecular weight excluding hydrogens is 432 g/mol. The Kier molecular flexibility index (Phi) is 6.76. The fourth-order valence-corrected chi connectivity index (χ4v) is 4.63. The van der Waals surface area contributed by atoms with Gasteiger partial charge < -0.3 is 14.6 Å². The summed E-state index contributed by atoms with van der Waals surface area (Å²) in [5, 5.41) is 10.8. The zero-order valence-corrected chi connectivity index (χ0v) is 17.9. The van der Waals surface area contributed by atoms with Gasteiger partial charge in [0.05, 0.1) is 6.42 Å². The molecule has 1 atom stereocenters. The molecule has 2 aliphatic heterocycles. The lowest BCUT2D eigenvalue weighted by atomic mass is 10.2. The van der Waals surface area contributed by atoms with E-state index in [0.717, 1.165) is 20.9 Å². The Balaban J connectivity index is 1.32. The van der Waals surface area contributed by atoms with Crippen molar-refractivity contribution in [1.29, 1.82) is 0 Å². The number of allylic oxidation sites excluding steroid dienone is 4. The minimum absolute atomic E-state index is 0.322. The third kappa shape index (κ3) is 5.58. The van der Waals surface area contributed by atoms with E-state index in [-0.39, 0.29) is 0 Å². The predicted octanol–water partition coefficient (Wildman–Crippen LogP) is 5.14. The number of carbonyl (C=O) groups excluding carboxylic acids is 2. The van der Waals surface area contributed by atoms with Gasteiger partial charge in [-0.15, -0.1) is 0 Å². The van der Waals surface area contributed by atoms with Crippen LogP contribution in [0.3, 0.4) is 0 Å². The number of ether oxygens (including phenoxy) is 2. The SMILES string of the molecule is O=C(CC(O)C(=O)OC1=CC=Cc2ccccc2S1)OC1=CC=Cc2ccccc2S1. The second-order valence-electron chi connectivity index (χ2n) is 6.58. The van der Waals surface area contributed by atoms with E-state index >= 15 is 0 Å². The number of hydrogen-bond acceptors (Lipinski definition) is 7. The van der Waals surface area contributed by atoms with Crippen molar-refractivity contribution in [3.05, 3.63) is 94.1 Å². The van der Waals surface area contributed by atoms with E-state index in [1.165, 1.54) is 23.5 Å². The summed E-state index contributed by atoms with van der Waals surface area (Å²) >= 11 is 2.58. The number of fused-ring (bicyclic) bond motifs is 2. The number of rotatable bonds is 5. The number of benzene rings is 2. The average molecular weight is 451 g/mol. The molecule has 5 nitrogen and oxygen atoms in total. The molecule has 0 aromatic heterocycles. The molecular formula is C24H18O5S2. The average Bonchev–Trinajstić information content (AvgIpc) is 3.08. The maximum Gasteiger partial charge on any atom is 0.341 e. The van der Waals surface area contributed by atoms with Crippen molar-refractivity contribution < 1.29 is 24.2 Å². The van der Waals surface area contributed by atoms with Crippen LogP contribution in [0.5, 0.6) is 0 Å². The van der Waals surface area contributed by atoms with Gasteiger partial charge in [-0.05, 0) is 35.4 Å². The van der Waals surface area contributed by atoms with Crippen LogP contribution in [-0.4, -0.2) is 23.1 Å². The van der Waals surface area contributed by atoms with Crippen LogP contribution >= 0.6 is 23.5 Å². The van der Waals surface area contributed by atoms with E-state index in [1.54, 1.807) is 24.3 Å². The van der Waals surface area contributed by atoms with Crippen molar-refractivity contribution in [2.45, 2.75) is 22.3 Å². The van der Waals surface area contributed by atoms with Crippen molar-refractivity contribution in [3.63, 3.8) is 0 Å². The van der Waals surface area contributed by atoms with Gasteiger partial charge in [-0.1, -0.05) is 84.2 Å². The molecule has 2 heterocycles. The topological polar surface area (TPSA) is 72.8 Å². The van der Waals surface area contributed by atoms with Crippen LogP contribution in [0, 0.1) is 0 Å². The third-order valence-corrected chi connectivity index (χ3v) is 6.35. The largest absolute Gasteiger partial charge is 0.419 e. The fourth-order valence-electron chi connectivity index (χ4n) is 2.84. The van der Waals surface area contributed by atoms with E-state index in [2.05, 4.69) is 0 Å². The number of hydrogen-bond donors (Lipinski definition) is 1. The highest BCUT2D eigenvalue weighted by molar-refractivity contribution is 8.03. The van der Waals surface area contributed by atoms with E-state index in [1.807, 2.05) is 60.7 Å². The highest BCUT2D eigenvalue weighted by Crippen LogP contribution is 2.35. The molecule has 0 saturated heterocycles. The molecule has 2 aromatic carbocycles. The zero-order valence-electron chi connectivity index (χ0n) is 16.3. The molecule has 4 rings (SSSR count). The highest BCUT2D eigenvalue weighted by Gasteiger charge is 2.25. The first kappa shape index (κ1) is 21.2. The molecule has 0 bridgehead atoms. The summed E-state index contributed by atoms with van der Waals surface area (Å²) in [4.78, 5) is 26.4. The van der Waals surface area contributed by atoms with Crippen LogP contribution in [-0.2, 0) is 19.1 Å². The first-order valence-electron chi connectivity index (χ1n) is 9.49. The molecule has 1 N–H and O–H groups in total. The van der Waals surface area contributed by atoms with Gasteiger partial charge in [0.1, 0.15) is 0 Å². The summed E-state index contributed by atoms with van der Waals surface area (Å²) in [6.07, 6.45) is 8.55. The smallest absolute Gasteiger partial charge is 0.341 e. The molecule has 0 radical (unpaired) electrons. The van der Waals surface area contributed by atoms with Crippen LogP contribution in [0.15, 0.2) is 92.8 Å². The molecule has 7 heteroatoms. The minimum Gasteiger partial charge on any atom is -0.419 e. The summed E-state index contributed by atoms with van der Waals surface area (Å²) in [6.45, 7) is 0. The molecule has 0 spiro atoms. The van der Waals surface area contributed by atoms with Crippen molar-refractivity contribution >= 4 is 47.6 Å². The Bertz CT molecular complexity index is 1130. The monoisotopic (exact) mass is 450 g/mol. The number of carbonyl (C=O) groups is 2. The van der Waals surface area contributed by atoms with Gasteiger partial charge in [0.15, 0.2) is 16.3 Å². The second kappa shape index (κ2) is 9.87. The lowest BCUT2D eigenvalue weighted by Crippen LogP contribution is -2.26. The van der Waals surface area contributed by atoms with Gasteiger partial charge in [0.2, 0.25) is 0 Å². The molecule has 0 fully saturated rings. The van der Waals surface area contributed by atoms with Gasteiger partial charge in [-0.2, -0.15) is 0 Å². The predicted molar refractivity (Wildman–Crippen MR) is 122 cm³/mol. The van der Waals surface area contributed by atoms with Gasteiger partial charge >= 0.3 is 11.9 Å². The second-order valence-corrected chi connectivity index (χ2v) is 8.68. The molecule has 2 aromatic rings. The van der Waals surface area contributed by atoms with Gasteiger partial charge in [0, 0.05) is 9.79 Å². The Morgan fingerprint density at radius 1 is 0.806 bits per heavy atom. The summed E-state index contributed by atoms with van der Waals surface area (Å²) in [6, 6.07) is 15.4. The standard InChI is InChI=1S/C24H18O5S2/c25-18(24(27)29-23-14-6-10-17-8-2-4-12-20(17)31-23)15-21(26)28-22-13-5-9-16-7-1-3-11-19(16)30-22/h1-14,18,25H,15H2. The van der Waals surface area contributed by atoms with E-state index < -0.39 is 24.5 Å². The maximum atomic E-state index is 12.3. The lowest BCUT2D eigenvalue weighted by molar-refractivity contribution is -0.154. The van der Waals surface area contributed by atoms with Crippen molar-refractivity contribution in [2.24, 2.45) is 0 Å². The van der Waals surface area contributed by atoms with Crippen molar-refractivity contribution in [2.75, 3.05) is 0 Å². The van der Waals surface area contributed by atoms with E-state index in [9.17, 15) is 14.7 Å². The quantitative estimate of drug-likeness (QED) is 0.632. The van der Waals surface area contributed by atoms with Crippen molar-refractivity contribution in [1.82, 2.24) is 0 Å². The van der Waals surface area contributed by atoms with Crippen LogP contribution in [0.1, 0.15) is 17.5 Å².